The van der Waals surface area contributed by atoms with Crippen LogP contribution in [-0.4, -0.2) is 30.9 Å². The predicted octanol–water partition coefficient (Wildman–Crippen LogP) is 1.16. The smallest absolute Gasteiger partial charge is 0.269 e. The quantitative estimate of drug-likeness (QED) is 0.877. The molecule has 0 aromatic heterocycles. The summed E-state index contributed by atoms with van der Waals surface area (Å²) < 4.78 is 46.3. The Hall–Kier alpha value is -2.09. The summed E-state index contributed by atoms with van der Waals surface area (Å²) >= 11 is 0. The highest BCUT2D eigenvalue weighted by molar-refractivity contribution is 5.93. The molecule has 2 rings (SSSR count). The molecule has 1 aliphatic rings. The molecule has 114 valence electrons. The largest absolute Gasteiger partial charge is 0.385 e. The summed E-state index contributed by atoms with van der Waals surface area (Å²) in [5.41, 5.74) is 7.79. The number of hydrogen-bond acceptors (Lipinski definition) is 4. The first-order valence-electron chi connectivity index (χ1n) is 6.12. The van der Waals surface area contributed by atoms with Crippen LogP contribution in [0.4, 0.5) is 13.2 Å². The summed E-state index contributed by atoms with van der Waals surface area (Å²) in [6, 6.07) is 2.96. The van der Waals surface area contributed by atoms with E-state index < -0.39 is 42.0 Å². The number of nitrogens with zero attached hydrogens (tertiary/aromatic N) is 1. The van der Waals surface area contributed by atoms with E-state index in [-0.39, 0.29) is 11.4 Å². The van der Waals surface area contributed by atoms with Crippen molar-refractivity contribution >= 4 is 11.7 Å². The monoisotopic (exact) mass is 301 g/mol. The zero-order chi connectivity index (χ0) is 15.8. The molecule has 0 unspecified atom stereocenters. The zero-order valence-corrected chi connectivity index (χ0v) is 11.1. The van der Waals surface area contributed by atoms with Crippen LogP contribution in [-0.2, 0) is 10.3 Å². The molecular weight excluding hydrogens is 287 g/mol. The highest BCUT2D eigenvalue weighted by Crippen LogP contribution is 2.38. The second-order valence-corrected chi connectivity index (χ2v) is 4.77. The van der Waals surface area contributed by atoms with Crippen LogP contribution in [0, 0.1) is 5.82 Å². The van der Waals surface area contributed by atoms with E-state index in [0.29, 0.717) is 0 Å². The predicted molar refractivity (Wildman–Crippen MR) is 69.6 cm³/mol. The molecule has 0 bridgehead atoms. The Balaban J connectivity index is 2.64. The van der Waals surface area contributed by atoms with Gasteiger partial charge in [0.15, 0.2) is 5.54 Å². The average molecular weight is 301 g/mol. The van der Waals surface area contributed by atoms with Crippen molar-refractivity contribution in [2.75, 3.05) is 6.61 Å². The minimum atomic E-state index is -3.07. The second kappa shape index (κ2) is 5.36. The summed E-state index contributed by atoms with van der Waals surface area (Å²) in [7, 11) is 0. The van der Waals surface area contributed by atoms with E-state index in [1.54, 1.807) is 6.92 Å². The van der Waals surface area contributed by atoms with Gasteiger partial charge in [0.05, 0.1) is 6.61 Å². The molecule has 0 saturated heterocycles. The number of nitrogens with two attached hydrogens (primary N) is 2. The van der Waals surface area contributed by atoms with E-state index >= 15 is 0 Å². The molecule has 0 aliphatic carbocycles. The number of benzene rings is 1. The van der Waals surface area contributed by atoms with Gasteiger partial charge in [-0.25, -0.2) is 13.2 Å². The van der Waals surface area contributed by atoms with E-state index in [9.17, 15) is 18.0 Å². The average Bonchev–Trinajstić information content (AvgIpc) is 2.42. The number of carbonyl (C=O) groups is 1. The first kappa shape index (κ1) is 15.3. The van der Waals surface area contributed by atoms with Crippen molar-refractivity contribution in [1.29, 1.82) is 0 Å². The Kier molecular flexibility index (Phi) is 3.91. The lowest BCUT2D eigenvalue weighted by Crippen LogP contribution is -2.48. The molecule has 8 heteroatoms. The number of aliphatic imine (C=N–C) groups is 1. The van der Waals surface area contributed by atoms with Crippen LogP contribution < -0.4 is 11.5 Å². The molecule has 21 heavy (non-hydrogen) atoms. The minimum Gasteiger partial charge on any atom is -0.385 e. The number of hydrogen-bond donors (Lipinski definition) is 2. The van der Waals surface area contributed by atoms with Crippen molar-refractivity contribution < 1.29 is 22.7 Å². The van der Waals surface area contributed by atoms with Crippen LogP contribution in [0.25, 0.3) is 0 Å². The van der Waals surface area contributed by atoms with Gasteiger partial charge in [-0.3, -0.25) is 9.79 Å². The SMILES string of the molecule is C[C@H]1OC[C@](c2cc(C(N)=O)ccc2F)(C(F)F)N=C1N. The van der Waals surface area contributed by atoms with Gasteiger partial charge >= 0.3 is 0 Å². The maximum atomic E-state index is 14.0. The first-order valence-corrected chi connectivity index (χ1v) is 6.12. The number of amides is 1. The van der Waals surface area contributed by atoms with Crippen LogP contribution in [0.2, 0.25) is 0 Å². The van der Waals surface area contributed by atoms with Crippen LogP contribution in [0.5, 0.6) is 0 Å². The van der Waals surface area contributed by atoms with Crippen molar-refractivity contribution in [3.05, 3.63) is 35.1 Å². The van der Waals surface area contributed by atoms with Crippen LogP contribution in [0.15, 0.2) is 23.2 Å². The van der Waals surface area contributed by atoms with Crippen molar-refractivity contribution in [2.45, 2.75) is 25.0 Å². The van der Waals surface area contributed by atoms with E-state index in [1.165, 1.54) is 0 Å². The van der Waals surface area contributed by atoms with E-state index in [2.05, 4.69) is 4.99 Å². The molecule has 0 saturated carbocycles. The number of carbonyl (C=O) groups excluding carboxylic acids is 1. The molecule has 1 aromatic carbocycles. The molecule has 4 N–H and O–H groups in total. The molecule has 0 radical (unpaired) electrons. The number of amidine groups is 1. The zero-order valence-electron chi connectivity index (χ0n) is 11.1. The van der Waals surface area contributed by atoms with E-state index in [0.717, 1.165) is 18.2 Å². The standard InChI is InChI=1S/C13H14F3N3O2/c1-6-10(17)19-13(5-21-6,12(15)16)8-4-7(11(18)20)2-3-9(8)14/h2-4,6,12H,5H2,1H3,(H2,17,19)(H2,18,20)/t6-,13+/m1/s1. The lowest BCUT2D eigenvalue weighted by molar-refractivity contribution is -0.0340. The normalized spacial score (nSPS) is 25.8. The number of alkyl halides is 2. The summed E-state index contributed by atoms with van der Waals surface area (Å²) in [5, 5.41) is 0. The summed E-state index contributed by atoms with van der Waals surface area (Å²) in [5.74, 6) is -1.96. The Labute approximate surface area is 118 Å². The molecule has 1 aromatic rings. The van der Waals surface area contributed by atoms with Crippen molar-refractivity contribution in [3.8, 4) is 0 Å². The van der Waals surface area contributed by atoms with Gasteiger partial charge in [0.25, 0.3) is 6.43 Å². The molecule has 1 aliphatic heterocycles. The van der Waals surface area contributed by atoms with Crippen molar-refractivity contribution in [3.63, 3.8) is 0 Å². The third-order valence-corrected chi connectivity index (χ3v) is 3.38. The molecule has 2 atom stereocenters. The third kappa shape index (κ3) is 2.58. The van der Waals surface area contributed by atoms with Crippen LogP contribution >= 0.6 is 0 Å². The Morgan fingerprint density at radius 3 is 2.71 bits per heavy atom. The number of halogens is 3. The Bertz CT molecular complexity index is 606. The Morgan fingerprint density at radius 2 is 2.19 bits per heavy atom. The summed E-state index contributed by atoms with van der Waals surface area (Å²) in [6.07, 6.45) is -3.71. The fraction of sp³-hybridized carbons (Fsp3) is 0.385. The third-order valence-electron chi connectivity index (χ3n) is 3.38. The molecule has 0 spiro atoms. The molecule has 1 heterocycles. The van der Waals surface area contributed by atoms with Gasteiger partial charge in [0.2, 0.25) is 5.91 Å². The van der Waals surface area contributed by atoms with Crippen LogP contribution in [0.1, 0.15) is 22.8 Å². The molecule has 0 fully saturated rings. The molecular formula is C13H14F3N3O2. The van der Waals surface area contributed by atoms with Crippen molar-refractivity contribution in [2.24, 2.45) is 16.5 Å². The van der Waals surface area contributed by atoms with Gasteiger partial charge in [0.1, 0.15) is 17.8 Å². The molecule has 5 nitrogen and oxygen atoms in total. The first-order chi connectivity index (χ1) is 9.78. The number of primary amides is 1. The topological polar surface area (TPSA) is 90.7 Å². The van der Waals surface area contributed by atoms with Gasteiger partial charge in [-0.2, -0.15) is 0 Å². The maximum Gasteiger partial charge on any atom is 0.269 e. The summed E-state index contributed by atoms with van der Waals surface area (Å²) in [4.78, 5) is 14.9. The maximum absolute atomic E-state index is 14.0. The number of rotatable bonds is 3. The van der Waals surface area contributed by atoms with Gasteiger partial charge in [-0.05, 0) is 25.1 Å². The Morgan fingerprint density at radius 1 is 1.52 bits per heavy atom. The summed E-state index contributed by atoms with van der Waals surface area (Å²) in [6.45, 7) is 0.996. The van der Waals surface area contributed by atoms with Gasteiger partial charge < -0.3 is 16.2 Å². The highest BCUT2D eigenvalue weighted by atomic mass is 19.3. The second-order valence-electron chi connectivity index (χ2n) is 4.77. The van der Waals surface area contributed by atoms with Gasteiger partial charge in [0, 0.05) is 11.1 Å². The lowest BCUT2D eigenvalue weighted by atomic mass is 9.88. The lowest BCUT2D eigenvalue weighted by Gasteiger charge is -2.35. The van der Waals surface area contributed by atoms with E-state index in [4.69, 9.17) is 16.2 Å². The molecule has 1 amide bonds. The van der Waals surface area contributed by atoms with Gasteiger partial charge in [-0.15, -0.1) is 0 Å². The van der Waals surface area contributed by atoms with Crippen LogP contribution in [0.3, 0.4) is 0 Å². The number of ether oxygens (including phenoxy) is 1. The van der Waals surface area contributed by atoms with E-state index in [1.807, 2.05) is 0 Å². The van der Waals surface area contributed by atoms with Crippen molar-refractivity contribution in [1.82, 2.24) is 0 Å². The fourth-order valence-corrected chi connectivity index (χ4v) is 2.07. The minimum absolute atomic E-state index is 0.0983. The fourth-order valence-electron chi connectivity index (χ4n) is 2.07. The highest BCUT2D eigenvalue weighted by Gasteiger charge is 2.47. The van der Waals surface area contributed by atoms with Gasteiger partial charge in [-0.1, -0.05) is 0 Å².